The molecule has 1 amide bonds. The largest absolute Gasteiger partial charge is 0.360 e. The Bertz CT molecular complexity index is 1140. The molecule has 4 aromatic rings. The van der Waals surface area contributed by atoms with Crippen molar-refractivity contribution < 1.29 is 4.79 Å². The lowest BCUT2D eigenvalue weighted by molar-refractivity contribution is 0.103. The van der Waals surface area contributed by atoms with Crippen LogP contribution in [0.2, 0.25) is 0 Å². The molecule has 126 valence electrons. The lowest BCUT2D eigenvalue weighted by Crippen LogP contribution is -2.17. The predicted octanol–water partition coefficient (Wildman–Crippen LogP) is 3.01. The molecule has 2 N–H and O–H groups in total. The number of aromatic amines is 1. The number of aryl methyl sites for hydroxylation is 2. The van der Waals surface area contributed by atoms with Gasteiger partial charge in [0.2, 0.25) is 0 Å². The number of nitrogens with one attached hydrogen (secondary N) is 2. The number of thiazole rings is 1. The summed E-state index contributed by atoms with van der Waals surface area (Å²) in [6, 6.07) is 3.80. The number of amides is 1. The quantitative estimate of drug-likeness (QED) is 0.579. The van der Waals surface area contributed by atoms with Crippen molar-refractivity contribution in [2.45, 2.75) is 6.92 Å². The van der Waals surface area contributed by atoms with Gasteiger partial charge in [-0.3, -0.25) is 14.9 Å². The van der Waals surface area contributed by atoms with Gasteiger partial charge in [-0.15, -0.1) is 22.7 Å². The van der Waals surface area contributed by atoms with E-state index in [1.165, 1.54) is 33.6 Å². The molecule has 0 saturated carbocycles. The summed E-state index contributed by atoms with van der Waals surface area (Å²) in [6.07, 6.45) is 3.28. The molecule has 0 aliphatic heterocycles. The second kappa shape index (κ2) is 5.94. The van der Waals surface area contributed by atoms with E-state index >= 15 is 0 Å². The van der Waals surface area contributed by atoms with Crippen molar-refractivity contribution in [1.29, 1.82) is 0 Å². The third kappa shape index (κ3) is 2.67. The average molecular weight is 371 g/mol. The zero-order valence-electron chi connectivity index (χ0n) is 13.4. The maximum atomic E-state index is 12.6. The molecular weight excluding hydrogens is 358 g/mol. The first kappa shape index (κ1) is 15.7. The number of thiophene rings is 1. The van der Waals surface area contributed by atoms with Crippen LogP contribution < -0.4 is 10.9 Å². The van der Waals surface area contributed by atoms with E-state index < -0.39 is 0 Å². The van der Waals surface area contributed by atoms with Crippen LogP contribution in [0.1, 0.15) is 15.2 Å². The summed E-state index contributed by atoms with van der Waals surface area (Å²) in [6.45, 7) is 1.77. The van der Waals surface area contributed by atoms with Gasteiger partial charge in [-0.2, -0.15) is 0 Å². The molecule has 0 atom stereocenters. The van der Waals surface area contributed by atoms with Gasteiger partial charge in [0.25, 0.3) is 11.5 Å². The molecule has 0 spiro atoms. The molecule has 4 rings (SSSR count). The predicted molar refractivity (Wildman–Crippen MR) is 99.5 cm³/mol. The van der Waals surface area contributed by atoms with Crippen LogP contribution in [0.15, 0.2) is 34.8 Å². The molecule has 7 nitrogen and oxygen atoms in total. The SMILES string of the molecule is Cc1c(C(=O)Nc2nc(-c3ccc[nH]3)cs2)sc2ncn(C)c(=O)c12. The van der Waals surface area contributed by atoms with E-state index in [2.05, 4.69) is 20.3 Å². The van der Waals surface area contributed by atoms with Gasteiger partial charge in [0.05, 0.1) is 28.0 Å². The van der Waals surface area contributed by atoms with Crippen LogP contribution in [0.5, 0.6) is 0 Å². The number of carbonyl (C=O) groups excluding carboxylic acids is 1. The molecule has 0 aliphatic rings. The minimum Gasteiger partial charge on any atom is -0.360 e. The molecule has 25 heavy (non-hydrogen) atoms. The summed E-state index contributed by atoms with van der Waals surface area (Å²) in [5.41, 5.74) is 2.16. The summed E-state index contributed by atoms with van der Waals surface area (Å²) < 4.78 is 1.41. The van der Waals surface area contributed by atoms with Crippen molar-refractivity contribution in [1.82, 2.24) is 19.5 Å². The van der Waals surface area contributed by atoms with Crippen molar-refractivity contribution in [3.05, 3.63) is 50.8 Å². The van der Waals surface area contributed by atoms with Gasteiger partial charge in [0.1, 0.15) is 4.83 Å². The number of rotatable bonds is 3. The van der Waals surface area contributed by atoms with Crippen LogP contribution in [0.4, 0.5) is 5.13 Å². The number of nitrogens with zero attached hydrogens (tertiary/aromatic N) is 3. The minimum absolute atomic E-state index is 0.152. The van der Waals surface area contributed by atoms with Crippen molar-refractivity contribution in [3.63, 3.8) is 0 Å². The Hall–Kier alpha value is -2.78. The highest BCUT2D eigenvalue weighted by Crippen LogP contribution is 2.29. The topological polar surface area (TPSA) is 92.7 Å². The van der Waals surface area contributed by atoms with E-state index in [1.54, 1.807) is 14.0 Å². The van der Waals surface area contributed by atoms with Crippen LogP contribution >= 0.6 is 22.7 Å². The summed E-state index contributed by atoms with van der Waals surface area (Å²) in [5.74, 6) is -0.282. The van der Waals surface area contributed by atoms with Crippen molar-refractivity contribution in [2.75, 3.05) is 5.32 Å². The van der Waals surface area contributed by atoms with Crippen LogP contribution in [0.3, 0.4) is 0 Å². The fourth-order valence-corrected chi connectivity index (χ4v) is 4.26. The molecular formula is C16H13N5O2S2. The smallest absolute Gasteiger partial charge is 0.267 e. The summed E-state index contributed by atoms with van der Waals surface area (Å²) in [4.78, 5) is 37.6. The number of hydrogen-bond acceptors (Lipinski definition) is 6. The fraction of sp³-hybridized carbons (Fsp3) is 0.125. The summed E-state index contributed by atoms with van der Waals surface area (Å²) in [7, 11) is 1.64. The maximum absolute atomic E-state index is 12.6. The number of H-pyrrole nitrogens is 1. The van der Waals surface area contributed by atoms with Crippen LogP contribution in [0, 0.1) is 6.92 Å². The van der Waals surface area contributed by atoms with Gasteiger partial charge in [0, 0.05) is 18.6 Å². The van der Waals surface area contributed by atoms with Crippen LogP contribution in [-0.4, -0.2) is 25.4 Å². The first-order chi connectivity index (χ1) is 12.0. The van der Waals surface area contributed by atoms with Gasteiger partial charge in [0.15, 0.2) is 5.13 Å². The van der Waals surface area contributed by atoms with E-state index in [9.17, 15) is 9.59 Å². The molecule has 0 aromatic carbocycles. The summed E-state index contributed by atoms with van der Waals surface area (Å²) in [5, 5.41) is 5.68. The second-order valence-electron chi connectivity index (χ2n) is 5.47. The molecule has 0 fully saturated rings. The highest BCUT2D eigenvalue weighted by atomic mass is 32.1. The Kier molecular flexibility index (Phi) is 3.74. The van der Waals surface area contributed by atoms with Gasteiger partial charge >= 0.3 is 0 Å². The summed E-state index contributed by atoms with van der Waals surface area (Å²) >= 11 is 2.56. The maximum Gasteiger partial charge on any atom is 0.267 e. The fourth-order valence-electron chi connectivity index (χ4n) is 2.52. The number of hydrogen-bond donors (Lipinski definition) is 2. The molecule has 4 heterocycles. The lowest BCUT2D eigenvalue weighted by atomic mass is 10.2. The standard InChI is InChI=1S/C16H13N5O2S2/c1-8-11-14(18-7-21(2)15(11)23)25-12(8)13(22)20-16-19-10(6-24-16)9-4-3-5-17-9/h3-7,17H,1-2H3,(H,19,20,22). The van der Waals surface area contributed by atoms with E-state index in [-0.39, 0.29) is 11.5 Å². The molecule has 0 radical (unpaired) electrons. The van der Waals surface area contributed by atoms with Crippen molar-refractivity contribution >= 4 is 43.9 Å². The third-order valence-electron chi connectivity index (χ3n) is 3.82. The molecule has 4 aromatic heterocycles. The molecule has 0 unspecified atom stereocenters. The van der Waals surface area contributed by atoms with Crippen LogP contribution in [0.25, 0.3) is 21.6 Å². The first-order valence-electron chi connectivity index (χ1n) is 7.40. The van der Waals surface area contributed by atoms with E-state index in [4.69, 9.17) is 0 Å². The third-order valence-corrected chi connectivity index (χ3v) is 5.77. The van der Waals surface area contributed by atoms with Gasteiger partial charge in [-0.05, 0) is 24.6 Å². The lowest BCUT2D eigenvalue weighted by Gasteiger charge is -2.00. The highest BCUT2D eigenvalue weighted by molar-refractivity contribution is 7.21. The van der Waals surface area contributed by atoms with Crippen molar-refractivity contribution in [2.24, 2.45) is 7.05 Å². The van der Waals surface area contributed by atoms with Crippen LogP contribution in [-0.2, 0) is 7.05 Å². The Morgan fingerprint density at radius 1 is 1.40 bits per heavy atom. The Balaban J connectivity index is 1.66. The molecule has 9 heteroatoms. The zero-order valence-corrected chi connectivity index (χ0v) is 15.0. The Morgan fingerprint density at radius 2 is 2.24 bits per heavy atom. The van der Waals surface area contributed by atoms with E-state index in [0.717, 1.165) is 11.4 Å². The minimum atomic E-state index is -0.282. The zero-order chi connectivity index (χ0) is 17.6. The van der Waals surface area contributed by atoms with Gasteiger partial charge in [-0.1, -0.05) is 0 Å². The van der Waals surface area contributed by atoms with E-state index in [0.29, 0.717) is 25.8 Å². The molecule has 0 saturated heterocycles. The van der Waals surface area contributed by atoms with Crippen molar-refractivity contribution in [3.8, 4) is 11.4 Å². The van der Waals surface area contributed by atoms with E-state index in [1.807, 2.05) is 23.7 Å². The van der Waals surface area contributed by atoms with Gasteiger partial charge < -0.3 is 9.55 Å². The first-order valence-corrected chi connectivity index (χ1v) is 9.09. The Labute approximate surface area is 150 Å². The monoisotopic (exact) mass is 371 g/mol. The number of aromatic nitrogens is 4. The second-order valence-corrected chi connectivity index (χ2v) is 7.33. The molecule has 0 aliphatic carbocycles. The number of carbonyl (C=O) groups is 1. The Morgan fingerprint density at radius 3 is 3.00 bits per heavy atom. The number of anilines is 1. The number of fused-ring (bicyclic) bond motifs is 1. The molecule has 0 bridgehead atoms. The normalized spacial score (nSPS) is 11.1. The van der Waals surface area contributed by atoms with Gasteiger partial charge in [-0.25, -0.2) is 9.97 Å². The average Bonchev–Trinajstić information content (AvgIpc) is 3.30. The highest BCUT2D eigenvalue weighted by Gasteiger charge is 2.20.